The van der Waals surface area contributed by atoms with E-state index in [0.717, 1.165) is 5.56 Å². The van der Waals surface area contributed by atoms with Crippen LogP contribution in [0, 0.1) is 5.82 Å². The molecule has 0 radical (unpaired) electrons. The van der Waals surface area contributed by atoms with E-state index in [1.54, 1.807) is 55.7 Å². The van der Waals surface area contributed by atoms with Crippen molar-refractivity contribution in [2.75, 3.05) is 0 Å². The highest BCUT2D eigenvalue weighted by molar-refractivity contribution is 5.96. The minimum Gasteiger partial charge on any atom is -0.436 e. The second-order valence-corrected chi connectivity index (χ2v) is 6.53. The fraction of sp³-hybridized carbons (Fsp3) is 0.0952. The third kappa shape index (κ3) is 3.47. The molecule has 0 bridgehead atoms. The number of halogens is 1. The molecule has 8 heteroatoms. The summed E-state index contributed by atoms with van der Waals surface area (Å²) >= 11 is 0. The normalized spacial score (nSPS) is 11.0. The number of carbonyl (C=O) groups is 1. The van der Waals surface area contributed by atoms with Crippen molar-refractivity contribution < 1.29 is 13.9 Å². The number of hydrogen-bond donors (Lipinski definition) is 1. The number of rotatable bonds is 5. The zero-order chi connectivity index (χ0) is 20.5. The highest BCUT2D eigenvalue weighted by Crippen LogP contribution is 2.23. The van der Waals surface area contributed by atoms with E-state index in [1.165, 1.54) is 21.3 Å². The highest BCUT2D eigenvalue weighted by atomic mass is 19.1. The molecule has 0 aliphatic heterocycles. The number of para-hydroxylation sites is 1. The first-order chi connectivity index (χ1) is 13.9. The van der Waals surface area contributed by atoms with E-state index in [1.807, 2.05) is 0 Å². The third-order valence-corrected chi connectivity index (χ3v) is 4.62. The molecule has 4 aromatic rings. The average Bonchev–Trinajstić information content (AvgIpc) is 2.95. The van der Waals surface area contributed by atoms with Crippen LogP contribution in [0.2, 0.25) is 0 Å². The molecule has 29 heavy (non-hydrogen) atoms. The summed E-state index contributed by atoms with van der Waals surface area (Å²) in [5.41, 5.74) is 7.48. The smallest absolute Gasteiger partial charge is 0.329 e. The Hall–Kier alpha value is -3.94. The summed E-state index contributed by atoms with van der Waals surface area (Å²) in [4.78, 5) is 28.3. The zero-order valence-corrected chi connectivity index (χ0v) is 15.5. The van der Waals surface area contributed by atoms with Crippen LogP contribution in [0.4, 0.5) is 4.39 Å². The quantitative estimate of drug-likeness (QED) is 0.565. The molecule has 0 saturated carbocycles. The van der Waals surface area contributed by atoms with Crippen LogP contribution >= 0.6 is 0 Å². The standard InChI is InChI=1S/C21H17FN4O3/c1-25-16-8-7-14(20(23)27)10-17(16)26(21(25)28)12-13-6-9-19(24-11-13)29-18-5-3-2-4-15(18)22/h2-11H,12H2,1H3,(H2,23,27). The Kier molecular flexibility index (Phi) is 4.59. The van der Waals surface area contributed by atoms with E-state index in [9.17, 15) is 14.0 Å². The average molecular weight is 392 g/mol. The van der Waals surface area contributed by atoms with Crippen LogP contribution in [0.5, 0.6) is 11.6 Å². The number of pyridine rings is 1. The van der Waals surface area contributed by atoms with Gasteiger partial charge >= 0.3 is 5.69 Å². The number of amides is 1. The molecule has 2 aromatic heterocycles. The Bertz CT molecular complexity index is 1280. The number of nitrogens with zero attached hydrogens (tertiary/aromatic N) is 3. The van der Waals surface area contributed by atoms with Gasteiger partial charge in [0.15, 0.2) is 11.6 Å². The Morgan fingerprint density at radius 1 is 1.14 bits per heavy atom. The van der Waals surface area contributed by atoms with Crippen molar-refractivity contribution in [3.63, 3.8) is 0 Å². The molecule has 2 heterocycles. The van der Waals surface area contributed by atoms with Gasteiger partial charge in [0.2, 0.25) is 11.8 Å². The van der Waals surface area contributed by atoms with Crippen molar-refractivity contribution >= 4 is 16.9 Å². The van der Waals surface area contributed by atoms with Gasteiger partial charge in [-0.15, -0.1) is 0 Å². The summed E-state index contributed by atoms with van der Waals surface area (Å²) < 4.78 is 22.2. The molecule has 0 unspecified atom stereocenters. The number of aromatic nitrogens is 3. The van der Waals surface area contributed by atoms with Crippen LogP contribution in [0.3, 0.4) is 0 Å². The summed E-state index contributed by atoms with van der Waals surface area (Å²) in [6, 6.07) is 14.3. The van der Waals surface area contributed by atoms with E-state index in [-0.39, 0.29) is 23.9 Å². The second-order valence-electron chi connectivity index (χ2n) is 6.53. The number of benzene rings is 2. The Balaban J connectivity index is 1.64. The maximum absolute atomic E-state index is 13.7. The number of imidazole rings is 1. The van der Waals surface area contributed by atoms with Crippen LogP contribution in [0.25, 0.3) is 11.0 Å². The molecule has 146 valence electrons. The lowest BCUT2D eigenvalue weighted by molar-refractivity contribution is 0.100. The van der Waals surface area contributed by atoms with Gasteiger partial charge in [-0.2, -0.15) is 0 Å². The SMILES string of the molecule is Cn1c(=O)n(Cc2ccc(Oc3ccccc3F)nc2)c2cc(C(N)=O)ccc21. The van der Waals surface area contributed by atoms with Gasteiger partial charge in [0.05, 0.1) is 17.6 Å². The number of primary amides is 1. The summed E-state index contributed by atoms with van der Waals surface area (Å²) in [5, 5.41) is 0. The van der Waals surface area contributed by atoms with Crippen molar-refractivity contribution in [3.05, 3.63) is 88.2 Å². The van der Waals surface area contributed by atoms with E-state index in [4.69, 9.17) is 10.5 Å². The first-order valence-corrected chi connectivity index (χ1v) is 8.80. The summed E-state index contributed by atoms with van der Waals surface area (Å²) in [7, 11) is 1.66. The monoisotopic (exact) mass is 392 g/mol. The Morgan fingerprint density at radius 3 is 2.62 bits per heavy atom. The lowest BCUT2D eigenvalue weighted by Gasteiger charge is -2.07. The van der Waals surface area contributed by atoms with Gasteiger partial charge in [-0.1, -0.05) is 18.2 Å². The number of hydrogen-bond acceptors (Lipinski definition) is 4. The fourth-order valence-electron chi connectivity index (χ4n) is 3.10. The van der Waals surface area contributed by atoms with Crippen LogP contribution in [0.15, 0.2) is 65.6 Å². The number of nitrogens with two attached hydrogens (primary N) is 1. The molecule has 7 nitrogen and oxygen atoms in total. The second kappa shape index (κ2) is 7.23. The number of carbonyl (C=O) groups excluding carboxylic acids is 1. The van der Waals surface area contributed by atoms with Crippen LogP contribution in [-0.2, 0) is 13.6 Å². The first-order valence-electron chi connectivity index (χ1n) is 8.80. The van der Waals surface area contributed by atoms with Crippen LogP contribution in [-0.4, -0.2) is 20.0 Å². The molecule has 0 aliphatic rings. The van der Waals surface area contributed by atoms with Crippen molar-refractivity contribution in [3.8, 4) is 11.6 Å². The minimum atomic E-state index is -0.564. The molecule has 0 atom stereocenters. The lowest BCUT2D eigenvalue weighted by atomic mass is 10.2. The number of aryl methyl sites for hydroxylation is 1. The third-order valence-electron chi connectivity index (χ3n) is 4.62. The molecule has 2 N–H and O–H groups in total. The van der Waals surface area contributed by atoms with E-state index < -0.39 is 11.7 Å². The van der Waals surface area contributed by atoms with Gasteiger partial charge in [0.25, 0.3) is 0 Å². The maximum Gasteiger partial charge on any atom is 0.329 e. The molecular weight excluding hydrogens is 375 g/mol. The van der Waals surface area contributed by atoms with Gasteiger partial charge in [-0.3, -0.25) is 13.9 Å². The largest absolute Gasteiger partial charge is 0.436 e. The van der Waals surface area contributed by atoms with E-state index in [2.05, 4.69) is 4.98 Å². The lowest BCUT2D eigenvalue weighted by Crippen LogP contribution is -2.22. The van der Waals surface area contributed by atoms with Crippen molar-refractivity contribution in [2.45, 2.75) is 6.54 Å². The van der Waals surface area contributed by atoms with E-state index in [0.29, 0.717) is 16.6 Å². The van der Waals surface area contributed by atoms with Gasteiger partial charge < -0.3 is 10.5 Å². The summed E-state index contributed by atoms with van der Waals surface area (Å²) in [6.45, 7) is 0.241. The zero-order valence-electron chi connectivity index (χ0n) is 15.5. The maximum atomic E-state index is 13.7. The fourth-order valence-corrected chi connectivity index (χ4v) is 3.10. The van der Waals surface area contributed by atoms with E-state index >= 15 is 0 Å². The van der Waals surface area contributed by atoms with Crippen molar-refractivity contribution in [1.29, 1.82) is 0 Å². The summed E-state index contributed by atoms with van der Waals surface area (Å²) in [6.07, 6.45) is 1.55. The molecule has 1 amide bonds. The first kappa shape index (κ1) is 18.4. The molecule has 0 aliphatic carbocycles. The predicted molar refractivity (Wildman–Crippen MR) is 106 cm³/mol. The van der Waals surface area contributed by atoms with Gasteiger partial charge in [-0.25, -0.2) is 14.2 Å². The van der Waals surface area contributed by atoms with Gasteiger partial charge in [0.1, 0.15) is 0 Å². The molecule has 0 fully saturated rings. The number of fused-ring (bicyclic) bond motifs is 1. The molecule has 0 saturated heterocycles. The number of ether oxygens (including phenoxy) is 1. The van der Waals surface area contributed by atoms with Crippen LogP contribution in [0.1, 0.15) is 15.9 Å². The molecule has 0 spiro atoms. The highest BCUT2D eigenvalue weighted by Gasteiger charge is 2.13. The van der Waals surface area contributed by atoms with Gasteiger partial charge in [0, 0.05) is 24.9 Å². The summed E-state index contributed by atoms with van der Waals surface area (Å²) in [5.74, 6) is -0.728. The van der Waals surface area contributed by atoms with Crippen molar-refractivity contribution in [2.24, 2.45) is 12.8 Å². The van der Waals surface area contributed by atoms with Crippen LogP contribution < -0.4 is 16.2 Å². The molecule has 2 aromatic carbocycles. The van der Waals surface area contributed by atoms with Gasteiger partial charge in [-0.05, 0) is 35.9 Å². The molecule has 4 rings (SSSR count). The van der Waals surface area contributed by atoms with Crippen molar-refractivity contribution in [1.82, 2.24) is 14.1 Å². The molecular formula is C21H17FN4O3. The Morgan fingerprint density at radius 2 is 1.93 bits per heavy atom. The predicted octanol–water partition coefficient (Wildman–Crippen LogP) is 2.81. The minimum absolute atomic E-state index is 0.0806. The topological polar surface area (TPSA) is 92.1 Å². The Labute approximate surface area is 164 Å².